The van der Waals surface area contributed by atoms with Crippen LogP contribution in [0.3, 0.4) is 0 Å². The Kier molecular flexibility index (Phi) is 5.66. The van der Waals surface area contributed by atoms with Crippen LogP contribution in [0, 0.1) is 0 Å². The molecule has 1 aliphatic heterocycles. The second kappa shape index (κ2) is 8.89. The molecule has 1 N–H and O–H groups in total. The van der Waals surface area contributed by atoms with Crippen molar-refractivity contribution in [3.8, 4) is 17.2 Å². The molecule has 3 heterocycles. The number of hydrogen-bond acceptors (Lipinski definition) is 7. The number of carbonyl (C=O) groups is 1. The summed E-state index contributed by atoms with van der Waals surface area (Å²) < 4.78 is 18.1. The monoisotopic (exact) mass is 468 g/mol. The molecule has 2 aromatic heterocycles. The van der Waals surface area contributed by atoms with Gasteiger partial charge in [-0.25, -0.2) is 9.67 Å². The minimum atomic E-state index is -0.273. The molecule has 0 bridgehead atoms. The first-order chi connectivity index (χ1) is 15.6. The van der Waals surface area contributed by atoms with Gasteiger partial charge in [0.2, 0.25) is 12.7 Å². The fourth-order valence-electron chi connectivity index (χ4n) is 3.12. The number of carbonyl (C=O) groups excluding carboxylic acids is 1. The van der Waals surface area contributed by atoms with Crippen molar-refractivity contribution in [3.05, 3.63) is 81.3 Å². The van der Waals surface area contributed by atoms with Gasteiger partial charge in [0.05, 0.1) is 11.4 Å². The van der Waals surface area contributed by atoms with Crippen LogP contribution in [0.5, 0.6) is 17.2 Å². The summed E-state index contributed by atoms with van der Waals surface area (Å²) in [4.78, 5) is 17.3. The first-order valence-corrected chi connectivity index (χ1v) is 10.9. The highest BCUT2D eigenvalue weighted by molar-refractivity contribution is 7.12. The first kappa shape index (κ1) is 20.3. The molecule has 1 aliphatic rings. The lowest BCUT2D eigenvalue weighted by molar-refractivity contribution is 0.102. The Morgan fingerprint density at radius 1 is 1.16 bits per heavy atom. The number of ether oxygens (including phenoxy) is 3. The molecule has 8 nitrogen and oxygen atoms in total. The van der Waals surface area contributed by atoms with E-state index in [-0.39, 0.29) is 18.6 Å². The van der Waals surface area contributed by atoms with E-state index in [4.69, 9.17) is 25.8 Å². The second-order valence-corrected chi connectivity index (χ2v) is 8.32. The third kappa shape index (κ3) is 4.68. The van der Waals surface area contributed by atoms with Crippen LogP contribution in [0.4, 0.5) is 5.95 Å². The molecule has 2 aromatic carbocycles. The van der Waals surface area contributed by atoms with E-state index in [0.29, 0.717) is 40.3 Å². The molecule has 0 atom stereocenters. The summed E-state index contributed by atoms with van der Waals surface area (Å²) in [6.07, 6.45) is 1.57. The second-order valence-electron chi connectivity index (χ2n) is 6.97. The average molecular weight is 469 g/mol. The standard InChI is InChI=1S/C22H17ClN4O4S/c23-16-3-1-2-14(6-16)9-27-12-24-22(26-27)25-21(28)20-7-15(11-32-20)10-29-17-4-5-18-19(8-17)31-13-30-18/h1-8,11-12H,9-10,13H2,(H,25,26,28). The maximum Gasteiger partial charge on any atom is 0.268 e. The van der Waals surface area contributed by atoms with Gasteiger partial charge >= 0.3 is 0 Å². The van der Waals surface area contributed by atoms with Crippen LogP contribution in [0.1, 0.15) is 20.8 Å². The minimum absolute atomic E-state index is 0.218. The van der Waals surface area contributed by atoms with Crippen molar-refractivity contribution in [2.45, 2.75) is 13.2 Å². The van der Waals surface area contributed by atoms with Gasteiger partial charge in [-0.15, -0.1) is 16.4 Å². The average Bonchev–Trinajstić information content (AvgIpc) is 3.53. The van der Waals surface area contributed by atoms with E-state index in [1.165, 1.54) is 11.3 Å². The quantitative estimate of drug-likeness (QED) is 0.426. The van der Waals surface area contributed by atoms with Crippen molar-refractivity contribution in [3.63, 3.8) is 0 Å². The third-order valence-corrected chi connectivity index (χ3v) is 5.84. The van der Waals surface area contributed by atoms with Crippen molar-refractivity contribution in [1.29, 1.82) is 0 Å². The molecule has 5 rings (SSSR count). The molecule has 0 saturated heterocycles. The molecular formula is C22H17ClN4O4S. The Morgan fingerprint density at radius 2 is 2.06 bits per heavy atom. The van der Waals surface area contributed by atoms with Gasteiger partial charge in [-0.05, 0) is 41.3 Å². The van der Waals surface area contributed by atoms with E-state index >= 15 is 0 Å². The van der Waals surface area contributed by atoms with Crippen LogP contribution in [0.25, 0.3) is 0 Å². The molecule has 0 saturated carbocycles. The number of fused-ring (bicyclic) bond motifs is 1. The van der Waals surface area contributed by atoms with Crippen LogP contribution in [0.15, 0.2) is 60.2 Å². The fraction of sp³-hybridized carbons (Fsp3) is 0.136. The summed E-state index contributed by atoms with van der Waals surface area (Å²) in [5.74, 6) is 2.00. The zero-order chi connectivity index (χ0) is 21.9. The van der Waals surface area contributed by atoms with Crippen molar-refractivity contribution < 1.29 is 19.0 Å². The number of nitrogens with one attached hydrogen (secondary N) is 1. The van der Waals surface area contributed by atoms with Gasteiger partial charge in [0, 0.05) is 16.7 Å². The van der Waals surface area contributed by atoms with E-state index in [2.05, 4.69) is 15.4 Å². The number of thiophene rings is 1. The highest BCUT2D eigenvalue weighted by atomic mass is 35.5. The van der Waals surface area contributed by atoms with Gasteiger partial charge in [-0.2, -0.15) is 0 Å². The number of amides is 1. The Hall–Kier alpha value is -3.56. The van der Waals surface area contributed by atoms with Crippen molar-refractivity contribution in [2.24, 2.45) is 0 Å². The zero-order valence-electron chi connectivity index (χ0n) is 16.7. The molecule has 1 amide bonds. The van der Waals surface area contributed by atoms with Gasteiger partial charge < -0.3 is 14.2 Å². The molecule has 4 aromatic rings. The Balaban J connectivity index is 1.17. The molecule has 0 spiro atoms. The molecule has 0 aliphatic carbocycles. The lowest BCUT2D eigenvalue weighted by Crippen LogP contribution is -2.12. The maximum absolute atomic E-state index is 12.6. The van der Waals surface area contributed by atoms with Gasteiger partial charge in [0.25, 0.3) is 5.91 Å². The summed E-state index contributed by atoms with van der Waals surface area (Å²) in [6, 6.07) is 14.7. The zero-order valence-corrected chi connectivity index (χ0v) is 18.2. The van der Waals surface area contributed by atoms with Crippen LogP contribution < -0.4 is 19.5 Å². The van der Waals surface area contributed by atoms with Crippen molar-refractivity contribution in [1.82, 2.24) is 14.8 Å². The maximum atomic E-state index is 12.6. The summed E-state index contributed by atoms with van der Waals surface area (Å²) in [5.41, 5.74) is 1.88. The first-order valence-electron chi connectivity index (χ1n) is 9.67. The number of aromatic nitrogens is 3. The number of benzene rings is 2. The molecule has 32 heavy (non-hydrogen) atoms. The summed E-state index contributed by atoms with van der Waals surface area (Å²) in [5, 5.41) is 9.56. The highest BCUT2D eigenvalue weighted by Gasteiger charge is 2.15. The highest BCUT2D eigenvalue weighted by Crippen LogP contribution is 2.35. The number of rotatable bonds is 7. The molecule has 162 valence electrons. The number of hydrogen-bond donors (Lipinski definition) is 1. The van der Waals surface area contributed by atoms with Gasteiger partial charge in [-0.3, -0.25) is 10.1 Å². The van der Waals surface area contributed by atoms with Crippen LogP contribution >= 0.6 is 22.9 Å². The molecule has 10 heteroatoms. The van der Waals surface area contributed by atoms with E-state index in [1.807, 2.05) is 41.8 Å². The predicted molar refractivity (Wildman–Crippen MR) is 120 cm³/mol. The fourth-order valence-corrected chi connectivity index (χ4v) is 4.12. The van der Waals surface area contributed by atoms with E-state index in [1.54, 1.807) is 23.1 Å². The Morgan fingerprint density at radius 3 is 2.97 bits per heavy atom. The summed E-state index contributed by atoms with van der Waals surface area (Å²) >= 11 is 7.34. The molecular weight excluding hydrogens is 452 g/mol. The summed E-state index contributed by atoms with van der Waals surface area (Å²) in [6.45, 7) is 1.05. The van der Waals surface area contributed by atoms with Crippen molar-refractivity contribution >= 4 is 34.8 Å². The van der Waals surface area contributed by atoms with E-state index in [0.717, 1.165) is 11.1 Å². The van der Waals surface area contributed by atoms with E-state index < -0.39 is 0 Å². The molecule has 0 radical (unpaired) electrons. The number of anilines is 1. The predicted octanol–water partition coefficient (Wildman–Crippen LogP) is 4.60. The molecule has 0 fully saturated rings. The van der Waals surface area contributed by atoms with E-state index in [9.17, 15) is 4.79 Å². The lowest BCUT2D eigenvalue weighted by atomic mass is 10.2. The van der Waals surface area contributed by atoms with Gasteiger partial charge in [-0.1, -0.05) is 23.7 Å². The smallest absolute Gasteiger partial charge is 0.268 e. The minimum Gasteiger partial charge on any atom is -0.489 e. The van der Waals surface area contributed by atoms with Crippen LogP contribution in [-0.4, -0.2) is 27.5 Å². The SMILES string of the molecule is O=C(Nc1ncn(Cc2cccc(Cl)c2)n1)c1cc(COc2ccc3c(c2)OCO3)cs1. The van der Waals surface area contributed by atoms with Crippen molar-refractivity contribution in [2.75, 3.05) is 12.1 Å². The van der Waals surface area contributed by atoms with Gasteiger partial charge in [0.15, 0.2) is 11.5 Å². The molecule has 0 unspecified atom stereocenters. The Bertz CT molecular complexity index is 1270. The third-order valence-electron chi connectivity index (χ3n) is 4.62. The van der Waals surface area contributed by atoms with Gasteiger partial charge in [0.1, 0.15) is 18.7 Å². The summed E-state index contributed by atoms with van der Waals surface area (Å²) in [7, 11) is 0. The topological polar surface area (TPSA) is 87.5 Å². The van der Waals surface area contributed by atoms with Crippen LogP contribution in [0.2, 0.25) is 5.02 Å². The number of nitrogens with zero attached hydrogens (tertiary/aromatic N) is 3. The lowest BCUT2D eigenvalue weighted by Gasteiger charge is -2.05. The number of halogens is 1. The normalized spacial score (nSPS) is 12.0. The Labute approximate surface area is 192 Å². The van der Waals surface area contributed by atoms with Crippen LogP contribution in [-0.2, 0) is 13.2 Å². The largest absolute Gasteiger partial charge is 0.489 e.